The monoisotopic (exact) mass is 397 g/mol. The predicted octanol–water partition coefficient (Wildman–Crippen LogP) is 2.02. The molecule has 1 unspecified atom stereocenters. The lowest BCUT2D eigenvalue weighted by atomic mass is 10.2. The van der Waals surface area contributed by atoms with Gasteiger partial charge >= 0.3 is 5.97 Å². The zero-order valence-electron chi connectivity index (χ0n) is 17.0. The maximum absolute atomic E-state index is 12.0. The minimum Gasteiger partial charge on any atom is -0.462 e. The Balaban J connectivity index is 2.70. The summed E-state index contributed by atoms with van der Waals surface area (Å²) in [4.78, 5) is 33.0. The van der Waals surface area contributed by atoms with Crippen LogP contribution >= 0.6 is 11.3 Å². The van der Waals surface area contributed by atoms with Gasteiger partial charge in [0.05, 0.1) is 24.9 Å². The average Bonchev–Trinajstić information content (AvgIpc) is 3.00. The standard InChI is InChI=1S/C18H31N5O3S/c1-7-19-18(21-10-9-20-15(24)11(3)4)23-13(6)16-22-12(5)14(27-16)17(25)26-8-2/h11,13H,7-10H2,1-6H3,(H,20,24)(H2,19,21,23). The predicted molar refractivity (Wildman–Crippen MR) is 108 cm³/mol. The van der Waals surface area contributed by atoms with Crippen molar-refractivity contribution in [3.63, 3.8) is 0 Å². The van der Waals surface area contributed by atoms with Crippen LogP contribution in [-0.2, 0) is 9.53 Å². The lowest BCUT2D eigenvalue weighted by Gasteiger charge is -2.16. The van der Waals surface area contributed by atoms with Gasteiger partial charge in [0, 0.05) is 19.0 Å². The highest BCUT2D eigenvalue weighted by Crippen LogP contribution is 2.24. The van der Waals surface area contributed by atoms with Crippen molar-refractivity contribution in [1.29, 1.82) is 0 Å². The van der Waals surface area contributed by atoms with E-state index in [1.165, 1.54) is 11.3 Å². The maximum Gasteiger partial charge on any atom is 0.350 e. The zero-order chi connectivity index (χ0) is 20.4. The number of amides is 1. The number of rotatable bonds is 9. The molecule has 0 aliphatic rings. The molecule has 0 bridgehead atoms. The molecule has 0 aromatic carbocycles. The van der Waals surface area contributed by atoms with E-state index in [0.717, 1.165) is 5.01 Å². The molecule has 8 nitrogen and oxygen atoms in total. The minimum atomic E-state index is -0.340. The van der Waals surface area contributed by atoms with E-state index in [9.17, 15) is 9.59 Å². The first kappa shape index (κ1) is 22.9. The van der Waals surface area contributed by atoms with Crippen LogP contribution in [-0.4, -0.2) is 49.1 Å². The molecule has 1 heterocycles. The van der Waals surface area contributed by atoms with Crippen LogP contribution in [0.3, 0.4) is 0 Å². The van der Waals surface area contributed by atoms with Crippen LogP contribution in [0.1, 0.15) is 61.0 Å². The summed E-state index contributed by atoms with van der Waals surface area (Å²) in [6, 6.07) is -0.125. The van der Waals surface area contributed by atoms with Crippen LogP contribution < -0.4 is 16.0 Å². The number of esters is 1. The molecule has 1 atom stereocenters. The number of aliphatic imine (C=N–C) groups is 1. The van der Waals surface area contributed by atoms with E-state index >= 15 is 0 Å². The summed E-state index contributed by atoms with van der Waals surface area (Å²) < 4.78 is 5.06. The third-order valence-electron chi connectivity index (χ3n) is 3.55. The third kappa shape index (κ3) is 7.54. The second-order valence-corrected chi connectivity index (χ2v) is 7.29. The van der Waals surface area contributed by atoms with Crippen molar-refractivity contribution in [3.8, 4) is 0 Å². The highest BCUT2D eigenvalue weighted by molar-refractivity contribution is 7.13. The Morgan fingerprint density at radius 3 is 2.52 bits per heavy atom. The van der Waals surface area contributed by atoms with Crippen molar-refractivity contribution in [3.05, 3.63) is 15.6 Å². The van der Waals surface area contributed by atoms with Crippen LogP contribution in [0.25, 0.3) is 0 Å². The number of ether oxygens (including phenoxy) is 1. The largest absolute Gasteiger partial charge is 0.462 e. The summed E-state index contributed by atoms with van der Waals surface area (Å²) in [6.45, 7) is 13.2. The van der Waals surface area contributed by atoms with Gasteiger partial charge in [-0.05, 0) is 27.7 Å². The molecule has 0 fully saturated rings. The van der Waals surface area contributed by atoms with Crippen molar-refractivity contribution in [1.82, 2.24) is 20.9 Å². The normalized spacial score (nSPS) is 12.6. The van der Waals surface area contributed by atoms with E-state index in [1.54, 1.807) is 13.8 Å². The first-order chi connectivity index (χ1) is 12.8. The Morgan fingerprint density at radius 2 is 1.93 bits per heavy atom. The minimum absolute atomic E-state index is 0.0151. The van der Waals surface area contributed by atoms with Gasteiger partial charge in [0.15, 0.2) is 5.96 Å². The third-order valence-corrected chi connectivity index (χ3v) is 4.87. The molecule has 0 aliphatic carbocycles. The smallest absolute Gasteiger partial charge is 0.350 e. The van der Waals surface area contributed by atoms with Crippen LogP contribution in [0, 0.1) is 12.8 Å². The molecule has 152 valence electrons. The van der Waals surface area contributed by atoms with E-state index in [-0.39, 0.29) is 23.8 Å². The first-order valence-electron chi connectivity index (χ1n) is 9.27. The number of hydrogen-bond acceptors (Lipinski definition) is 6. The SMILES string of the molecule is CCNC(=NCCNC(=O)C(C)C)NC(C)c1nc(C)c(C(=O)OCC)s1. The number of thiazole rings is 1. The molecule has 0 radical (unpaired) electrons. The topological polar surface area (TPSA) is 105 Å². The van der Waals surface area contributed by atoms with Crippen molar-refractivity contribution in [2.24, 2.45) is 10.9 Å². The number of carbonyl (C=O) groups excluding carboxylic acids is 2. The molecule has 0 aliphatic heterocycles. The molecular formula is C18H31N5O3S. The fourth-order valence-electron chi connectivity index (χ4n) is 2.13. The Morgan fingerprint density at radius 1 is 1.22 bits per heavy atom. The molecule has 1 rings (SSSR count). The summed E-state index contributed by atoms with van der Waals surface area (Å²) in [7, 11) is 0. The summed E-state index contributed by atoms with van der Waals surface area (Å²) in [5, 5.41) is 10.1. The fourth-order valence-corrected chi connectivity index (χ4v) is 3.09. The van der Waals surface area contributed by atoms with E-state index in [1.807, 2.05) is 27.7 Å². The van der Waals surface area contributed by atoms with Crippen LogP contribution in [0.4, 0.5) is 0 Å². The van der Waals surface area contributed by atoms with E-state index in [4.69, 9.17) is 4.74 Å². The van der Waals surface area contributed by atoms with E-state index in [0.29, 0.717) is 42.8 Å². The van der Waals surface area contributed by atoms with E-state index in [2.05, 4.69) is 25.9 Å². The van der Waals surface area contributed by atoms with Crippen LogP contribution in [0.2, 0.25) is 0 Å². The lowest BCUT2D eigenvalue weighted by molar-refractivity contribution is -0.123. The first-order valence-corrected chi connectivity index (χ1v) is 10.1. The zero-order valence-corrected chi connectivity index (χ0v) is 17.8. The van der Waals surface area contributed by atoms with Crippen molar-refractivity contribution >= 4 is 29.2 Å². The number of aromatic nitrogens is 1. The second kappa shape index (κ2) is 11.5. The number of guanidine groups is 1. The summed E-state index contributed by atoms with van der Waals surface area (Å²) in [6.07, 6.45) is 0. The molecule has 9 heteroatoms. The molecule has 1 aromatic rings. The number of carbonyl (C=O) groups is 2. The Hall–Kier alpha value is -2.16. The maximum atomic E-state index is 12.0. The average molecular weight is 398 g/mol. The number of aryl methyl sites for hydroxylation is 1. The highest BCUT2D eigenvalue weighted by atomic mass is 32.1. The van der Waals surface area contributed by atoms with Gasteiger partial charge in [-0.15, -0.1) is 11.3 Å². The molecule has 1 aromatic heterocycles. The molecule has 27 heavy (non-hydrogen) atoms. The van der Waals surface area contributed by atoms with Gasteiger partial charge in [-0.25, -0.2) is 9.78 Å². The lowest BCUT2D eigenvalue weighted by Crippen LogP contribution is -2.39. The number of hydrogen-bond donors (Lipinski definition) is 3. The highest BCUT2D eigenvalue weighted by Gasteiger charge is 2.20. The molecular weight excluding hydrogens is 366 g/mol. The van der Waals surface area contributed by atoms with Crippen molar-refractivity contribution in [2.45, 2.75) is 47.6 Å². The van der Waals surface area contributed by atoms with Gasteiger partial charge in [-0.2, -0.15) is 0 Å². The number of nitrogens with zero attached hydrogens (tertiary/aromatic N) is 2. The summed E-state index contributed by atoms with van der Waals surface area (Å²) in [5.41, 5.74) is 0.667. The quantitative estimate of drug-likeness (QED) is 0.255. The van der Waals surface area contributed by atoms with E-state index < -0.39 is 0 Å². The van der Waals surface area contributed by atoms with Gasteiger partial charge in [0.2, 0.25) is 5.91 Å². The number of nitrogens with one attached hydrogen (secondary N) is 3. The van der Waals surface area contributed by atoms with Crippen LogP contribution in [0.5, 0.6) is 0 Å². The van der Waals surface area contributed by atoms with Gasteiger partial charge < -0.3 is 20.7 Å². The molecule has 0 saturated carbocycles. The molecule has 1 amide bonds. The van der Waals surface area contributed by atoms with Gasteiger partial charge in [0.1, 0.15) is 9.88 Å². The second-order valence-electron chi connectivity index (χ2n) is 6.26. The van der Waals surface area contributed by atoms with Crippen molar-refractivity contribution < 1.29 is 14.3 Å². The Bertz CT molecular complexity index is 657. The fraction of sp³-hybridized carbons (Fsp3) is 0.667. The molecule has 0 saturated heterocycles. The Kier molecular flexibility index (Phi) is 9.77. The summed E-state index contributed by atoms with van der Waals surface area (Å²) >= 11 is 1.32. The van der Waals surface area contributed by atoms with Crippen molar-refractivity contribution in [2.75, 3.05) is 26.2 Å². The van der Waals surface area contributed by atoms with Gasteiger partial charge in [-0.1, -0.05) is 13.8 Å². The van der Waals surface area contributed by atoms with Gasteiger partial charge in [-0.3, -0.25) is 9.79 Å². The van der Waals surface area contributed by atoms with Crippen LogP contribution in [0.15, 0.2) is 4.99 Å². The molecule has 3 N–H and O–H groups in total. The summed E-state index contributed by atoms with van der Waals surface area (Å²) in [5.74, 6) is 0.269. The van der Waals surface area contributed by atoms with Gasteiger partial charge in [0.25, 0.3) is 0 Å². The molecule has 0 spiro atoms. The Labute approximate surface area is 165 Å².